The van der Waals surface area contributed by atoms with Crippen LogP contribution in [0.5, 0.6) is 0 Å². The number of amides is 2. The van der Waals surface area contributed by atoms with Crippen molar-refractivity contribution < 1.29 is 110 Å². The second-order valence-corrected chi connectivity index (χ2v) is 24.2. The molecule has 0 aliphatic carbocycles. The van der Waals surface area contributed by atoms with Crippen LogP contribution in [0.4, 0.5) is 0 Å². The van der Waals surface area contributed by atoms with Crippen molar-refractivity contribution in [2.75, 3.05) is 46.2 Å². The quantitative estimate of drug-likeness (QED) is 0.0390. The smallest absolute Gasteiger partial charge is 0.220 e. The molecule has 0 radical (unpaired) electrons. The number of hydrogen-bond donors (Lipinski definition) is 16. The topological polar surface area (TPSA) is 397 Å². The molecule has 4 aliphatic heterocycles. The van der Waals surface area contributed by atoms with Crippen molar-refractivity contribution in [3.05, 3.63) is 0 Å². The predicted octanol–water partition coefficient (Wildman–Crippen LogP) is 2.31. The van der Waals surface area contributed by atoms with Crippen molar-refractivity contribution in [3.8, 4) is 0 Å². The summed E-state index contributed by atoms with van der Waals surface area (Å²) in [6.07, 6.45) is 13.5. The lowest BCUT2D eigenvalue weighted by molar-refractivity contribution is -0.359. The third-order valence-corrected chi connectivity index (χ3v) is 16.6. The van der Waals surface area contributed by atoms with Gasteiger partial charge in [0.1, 0.15) is 73.2 Å². The minimum atomic E-state index is -1.78. The summed E-state index contributed by atoms with van der Waals surface area (Å²) in [5.41, 5.74) is 0. The van der Waals surface area contributed by atoms with Gasteiger partial charge in [-0.15, -0.1) is 0 Å². The Bertz CT molecular complexity index is 1650. The zero-order valence-corrected chi connectivity index (χ0v) is 52.4. The second kappa shape index (κ2) is 48.9. The number of rotatable bonds is 42. The molecule has 510 valence electrons. The average Bonchev–Trinajstić information content (AvgIpc) is 2.61. The van der Waals surface area contributed by atoms with Gasteiger partial charge in [-0.2, -0.15) is 0 Å². The van der Waals surface area contributed by atoms with Crippen LogP contribution >= 0.6 is 0 Å². The fraction of sp³-hybridized carbons (Fsp3) is 0.968. The lowest BCUT2D eigenvalue weighted by Gasteiger charge is -2.46. The van der Waals surface area contributed by atoms with Crippen LogP contribution in [0.15, 0.2) is 0 Å². The van der Waals surface area contributed by atoms with Gasteiger partial charge in [-0.1, -0.05) is 187 Å². The number of ether oxygens (including phenoxy) is 6. The predicted molar refractivity (Wildman–Crippen MR) is 320 cm³/mol. The van der Waals surface area contributed by atoms with E-state index >= 15 is 0 Å². The van der Waals surface area contributed by atoms with E-state index in [-0.39, 0.29) is 44.8 Å². The van der Waals surface area contributed by atoms with Gasteiger partial charge in [0, 0.05) is 19.8 Å². The van der Waals surface area contributed by atoms with E-state index in [2.05, 4.69) is 24.5 Å². The fourth-order valence-corrected chi connectivity index (χ4v) is 11.1. The van der Waals surface area contributed by atoms with Crippen LogP contribution in [0.3, 0.4) is 0 Å². The highest BCUT2D eigenvalue weighted by Gasteiger charge is 2.51. The molecule has 0 saturated carbocycles. The summed E-state index contributed by atoms with van der Waals surface area (Å²) in [6.45, 7) is 3.92. The Labute approximate surface area is 512 Å². The van der Waals surface area contributed by atoms with Crippen LogP contribution in [-0.2, 0) is 38.0 Å². The standard InChI is InChI=1S/C48H93NO13.C8H15NO5.C6H12O4/c1-3-5-7-9-11-13-15-17-18-20-22-24-26-28-30-32-40(53)49-36(37(52)31-29-27-25-23-21-19-16-14-12-10-8-6-4-2)35-59-47-45(58)43(56)46(39(34-51)61-47)62-48-44(57)42(55)41(54)38(33-50)60-48;1-4(11)9-5-3-14-6(2-10)8(13)7(5)12;7-2-6-5(9)1-4(8)3-10-6/h36-39,41-48,50-52,54-58H,3-35H2,1-2H3,(H,49,53);5-8,10,12-13H,2-3H2,1H3,(H,9,11);4-9H,1-3H2/t36?,37?,38?,39?,41-,42+,43-,44?,45?,46+,47+,48-;5?,6?,7-,8+;4?,5-,6?/m001/s1. The molecule has 24 nitrogen and oxygen atoms in total. The molecule has 24 heteroatoms. The summed E-state index contributed by atoms with van der Waals surface area (Å²) >= 11 is 0. The van der Waals surface area contributed by atoms with Crippen molar-refractivity contribution >= 4 is 11.8 Å². The number of carbonyl (C=O) groups excluding carboxylic acids is 2. The van der Waals surface area contributed by atoms with Gasteiger partial charge in [-0.25, -0.2) is 0 Å². The summed E-state index contributed by atoms with van der Waals surface area (Å²) in [4.78, 5) is 23.9. The number of nitrogens with one attached hydrogen (secondary N) is 2. The molecule has 0 spiro atoms. The van der Waals surface area contributed by atoms with E-state index in [9.17, 15) is 60.7 Å². The number of unbranched alkanes of at least 4 members (excludes halogenated alkanes) is 26. The van der Waals surface area contributed by atoms with E-state index in [0.717, 1.165) is 51.4 Å². The molecule has 19 atom stereocenters. The van der Waals surface area contributed by atoms with Crippen molar-refractivity contribution in [1.82, 2.24) is 10.6 Å². The van der Waals surface area contributed by atoms with Gasteiger partial charge in [-0.3, -0.25) is 9.59 Å². The van der Waals surface area contributed by atoms with E-state index in [0.29, 0.717) is 19.3 Å². The third kappa shape index (κ3) is 32.4. The molecule has 0 bridgehead atoms. The molecule has 4 rings (SSSR count). The molecule has 4 saturated heterocycles. The number of hydrogen-bond acceptors (Lipinski definition) is 22. The van der Waals surface area contributed by atoms with Crippen LogP contribution in [0, 0.1) is 0 Å². The molecule has 2 amide bonds. The van der Waals surface area contributed by atoms with Crippen molar-refractivity contribution in [2.45, 2.75) is 336 Å². The van der Waals surface area contributed by atoms with Gasteiger partial charge in [0.15, 0.2) is 12.6 Å². The highest BCUT2D eigenvalue weighted by atomic mass is 16.7. The number of carbonyl (C=O) groups is 2. The van der Waals surface area contributed by atoms with Gasteiger partial charge in [0.05, 0.1) is 76.6 Å². The molecule has 0 aromatic rings. The van der Waals surface area contributed by atoms with Crippen LogP contribution in [-0.4, -0.2) is 246 Å². The van der Waals surface area contributed by atoms with Gasteiger partial charge >= 0.3 is 0 Å². The Balaban J connectivity index is 0.000000856. The number of aliphatic hydroxyl groups is 14. The maximum atomic E-state index is 13.2. The Kier molecular flexibility index (Phi) is 45.6. The summed E-state index contributed by atoms with van der Waals surface area (Å²) < 4.78 is 32.7. The first kappa shape index (κ1) is 80.2. The van der Waals surface area contributed by atoms with Crippen LogP contribution < -0.4 is 10.6 Å². The van der Waals surface area contributed by atoms with Gasteiger partial charge in [0.2, 0.25) is 11.8 Å². The van der Waals surface area contributed by atoms with Crippen molar-refractivity contribution in [2.24, 2.45) is 0 Å². The SMILES string of the molecule is CC(=O)NC1COC(CO)[C@@H](O)[C@H]1O.CCCCCCCCCCCCCCCCCC(=O)NC(CO[C@@H]1OC(CO)[C@@H](O[C@@H]2OC(CO)[C@H](O)[C@@H](O)C2O)[C@@H](O)C1O)C(O)CCCCCCCCCCCCCCC.OCC1OCC(O)C[C@H]1O. The first-order valence-electron chi connectivity index (χ1n) is 33.0. The third-order valence-electron chi connectivity index (χ3n) is 16.6. The van der Waals surface area contributed by atoms with E-state index in [4.69, 9.17) is 48.8 Å². The maximum Gasteiger partial charge on any atom is 0.220 e. The molecule has 4 heterocycles. The highest BCUT2D eigenvalue weighted by molar-refractivity contribution is 5.76. The Morgan fingerprint density at radius 1 is 0.488 bits per heavy atom. The molecule has 0 aromatic heterocycles. The van der Waals surface area contributed by atoms with E-state index in [1.54, 1.807) is 0 Å². The second-order valence-electron chi connectivity index (χ2n) is 24.2. The zero-order valence-electron chi connectivity index (χ0n) is 52.4. The normalized spacial score (nSPS) is 31.0. The molecule has 10 unspecified atom stereocenters. The first-order valence-corrected chi connectivity index (χ1v) is 33.0. The minimum Gasteiger partial charge on any atom is -0.394 e. The monoisotopic (exact) mass is 1240 g/mol. The molecule has 86 heavy (non-hydrogen) atoms. The Morgan fingerprint density at radius 2 is 0.919 bits per heavy atom. The average molecular weight is 1250 g/mol. The van der Waals surface area contributed by atoms with Crippen LogP contribution in [0.1, 0.15) is 220 Å². The largest absolute Gasteiger partial charge is 0.394 e. The van der Waals surface area contributed by atoms with Gasteiger partial charge < -0.3 is 111 Å². The van der Waals surface area contributed by atoms with E-state index in [1.807, 2.05) is 0 Å². The molecular weight excluding hydrogens is 1120 g/mol. The molecule has 0 aromatic carbocycles. The van der Waals surface area contributed by atoms with Crippen LogP contribution in [0.2, 0.25) is 0 Å². The highest BCUT2D eigenvalue weighted by Crippen LogP contribution is 2.30. The molecule has 16 N–H and O–H groups in total. The summed E-state index contributed by atoms with van der Waals surface area (Å²) in [7, 11) is 0. The van der Waals surface area contributed by atoms with E-state index < -0.39 is 129 Å². The Morgan fingerprint density at radius 3 is 1.38 bits per heavy atom. The summed E-state index contributed by atoms with van der Waals surface area (Å²) in [5.74, 6) is -0.503. The lowest BCUT2D eigenvalue weighted by Crippen LogP contribution is -2.65. The first-order chi connectivity index (χ1) is 41.4. The van der Waals surface area contributed by atoms with E-state index in [1.165, 1.54) is 135 Å². The minimum absolute atomic E-state index is 0.0863. The zero-order chi connectivity index (χ0) is 63.7. The van der Waals surface area contributed by atoms with Gasteiger partial charge in [-0.05, 0) is 12.8 Å². The molecule has 4 aliphatic rings. The van der Waals surface area contributed by atoms with Gasteiger partial charge in [0.25, 0.3) is 0 Å². The number of aliphatic hydroxyl groups excluding tert-OH is 14. The van der Waals surface area contributed by atoms with Crippen molar-refractivity contribution in [3.63, 3.8) is 0 Å². The summed E-state index contributed by atoms with van der Waals surface area (Å²) in [6, 6.07) is -1.44. The molecule has 4 fully saturated rings. The Hall–Kier alpha value is -1.86. The fourth-order valence-electron chi connectivity index (χ4n) is 11.1. The van der Waals surface area contributed by atoms with Crippen LogP contribution in [0.25, 0.3) is 0 Å². The van der Waals surface area contributed by atoms with Crippen molar-refractivity contribution in [1.29, 1.82) is 0 Å². The summed E-state index contributed by atoms with van der Waals surface area (Å²) in [5, 5.41) is 144. The maximum absolute atomic E-state index is 13.2. The lowest BCUT2D eigenvalue weighted by atomic mass is 9.97. The molecular formula is C62H120N2O22.